The van der Waals surface area contributed by atoms with Crippen LogP contribution in [0.25, 0.3) is 11.1 Å². The molecule has 25 heavy (non-hydrogen) atoms. The maximum absolute atomic E-state index is 12.2. The number of aryl methyl sites for hydroxylation is 1. The molecule has 3 rings (SSSR count). The van der Waals surface area contributed by atoms with Crippen LogP contribution in [0.5, 0.6) is 0 Å². The number of rotatable bonds is 4. The molecule has 5 heteroatoms. The zero-order valence-electron chi connectivity index (χ0n) is 14.5. The molecule has 0 saturated carbocycles. The molecule has 1 unspecified atom stereocenters. The summed E-state index contributed by atoms with van der Waals surface area (Å²) in [5.41, 5.74) is 3.49. The fourth-order valence-corrected chi connectivity index (χ4v) is 3.01. The Kier molecular flexibility index (Phi) is 4.49. The highest BCUT2D eigenvalue weighted by molar-refractivity contribution is 5.96. The number of anilines is 1. The van der Waals surface area contributed by atoms with Gasteiger partial charge in [-0.15, -0.1) is 0 Å². The SMILES string of the molecule is Cc1ccc(-c2cc(C(=O)O)cc(N3C(=O)OCC3C(C)C)c2)cc1. The monoisotopic (exact) mass is 339 g/mol. The second kappa shape index (κ2) is 6.59. The van der Waals surface area contributed by atoms with Gasteiger partial charge in [0.05, 0.1) is 11.6 Å². The Morgan fingerprint density at radius 2 is 1.84 bits per heavy atom. The molecule has 2 aromatic rings. The first-order chi connectivity index (χ1) is 11.9. The molecule has 1 heterocycles. The average molecular weight is 339 g/mol. The number of nitrogens with zero attached hydrogens (tertiary/aromatic N) is 1. The van der Waals surface area contributed by atoms with Crippen LogP contribution in [0.1, 0.15) is 29.8 Å². The van der Waals surface area contributed by atoms with Crippen LogP contribution in [0, 0.1) is 12.8 Å². The van der Waals surface area contributed by atoms with Crippen molar-refractivity contribution in [3.8, 4) is 11.1 Å². The van der Waals surface area contributed by atoms with Crippen LogP contribution in [-0.4, -0.2) is 29.8 Å². The number of hydrogen-bond acceptors (Lipinski definition) is 3. The fraction of sp³-hybridized carbons (Fsp3) is 0.300. The quantitative estimate of drug-likeness (QED) is 0.900. The van der Waals surface area contributed by atoms with Gasteiger partial charge in [0, 0.05) is 5.69 Å². The highest BCUT2D eigenvalue weighted by Gasteiger charge is 2.36. The lowest BCUT2D eigenvalue weighted by molar-refractivity contribution is 0.0697. The second-order valence-electron chi connectivity index (χ2n) is 6.70. The molecule has 0 aliphatic carbocycles. The summed E-state index contributed by atoms with van der Waals surface area (Å²) in [7, 11) is 0. The smallest absolute Gasteiger partial charge is 0.414 e. The summed E-state index contributed by atoms with van der Waals surface area (Å²) in [5, 5.41) is 9.47. The number of hydrogen-bond donors (Lipinski definition) is 1. The van der Waals surface area contributed by atoms with Crippen molar-refractivity contribution in [2.75, 3.05) is 11.5 Å². The zero-order valence-corrected chi connectivity index (χ0v) is 14.5. The molecule has 0 spiro atoms. The lowest BCUT2D eigenvalue weighted by atomic mass is 9.99. The van der Waals surface area contributed by atoms with E-state index in [9.17, 15) is 14.7 Å². The van der Waals surface area contributed by atoms with E-state index < -0.39 is 12.1 Å². The molecule has 1 atom stereocenters. The fourth-order valence-electron chi connectivity index (χ4n) is 3.01. The van der Waals surface area contributed by atoms with E-state index in [1.807, 2.05) is 51.1 Å². The van der Waals surface area contributed by atoms with E-state index in [-0.39, 0.29) is 17.5 Å². The predicted octanol–water partition coefficient (Wildman–Crippen LogP) is 4.34. The van der Waals surface area contributed by atoms with E-state index >= 15 is 0 Å². The second-order valence-corrected chi connectivity index (χ2v) is 6.70. The van der Waals surface area contributed by atoms with E-state index in [1.54, 1.807) is 11.0 Å². The third kappa shape index (κ3) is 3.36. The van der Waals surface area contributed by atoms with Gasteiger partial charge in [-0.2, -0.15) is 0 Å². The van der Waals surface area contributed by atoms with Crippen molar-refractivity contribution in [2.45, 2.75) is 26.8 Å². The molecule has 130 valence electrons. The highest BCUT2D eigenvalue weighted by atomic mass is 16.6. The van der Waals surface area contributed by atoms with Crippen LogP contribution in [0.15, 0.2) is 42.5 Å². The Labute approximate surface area is 146 Å². The number of carbonyl (C=O) groups is 2. The Morgan fingerprint density at radius 1 is 1.16 bits per heavy atom. The number of carboxylic acids is 1. The Hall–Kier alpha value is -2.82. The number of amides is 1. The molecule has 2 aromatic carbocycles. The Morgan fingerprint density at radius 3 is 2.44 bits per heavy atom. The van der Waals surface area contributed by atoms with Gasteiger partial charge in [0.15, 0.2) is 0 Å². The van der Waals surface area contributed by atoms with Gasteiger partial charge in [0.25, 0.3) is 0 Å². The molecule has 0 aromatic heterocycles. The van der Waals surface area contributed by atoms with E-state index in [0.717, 1.165) is 16.7 Å². The van der Waals surface area contributed by atoms with Crippen molar-refractivity contribution in [1.29, 1.82) is 0 Å². The minimum absolute atomic E-state index is 0.109. The predicted molar refractivity (Wildman–Crippen MR) is 96.0 cm³/mol. The van der Waals surface area contributed by atoms with Gasteiger partial charge in [-0.3, -0.25) is 4.90 Å². The molecular formula is C20H21NO4. The summed E-state index contributed by atoms with van der Waals surface area (Å²) in [6.07, 6.45) is -0.434. The Balaban J connectivity index is 2.11. The van der Waals surface area contributed by atoms with Crippen LogP contribution in [0.3, 0.4) is 0 Å². The number of aromatic carboxylic acids is 1. The van der Waals surface area contributed by atoms with Gasteiger partial charge in [0.2, 0.25) is 0 Å². The van der Waals surface area contributed by atoms with Crippen molar-refractivity contribution in [1.82, 2.24) is 0 Å². The van der Waals surface area contributed by atoms with E-state index in [0.29, 0.717) is 12.3 Å². The maximum atomic E-state index is 12.2. The molecule has 5 nitrogen and oxygen atoms in total. The van der Waals surface area contributed by atoms with Crippen molar-refractivity contribution in [2.24, 2.45) is 5.92 Å². The first kappa shape index (κ1) is 17.0. The van der Waals surface area contributed by atoms with Crippen LogP contribution >= 0.6 is 0 Å². The van der Waals surface area contributed by atoms with E-state index in [4.69, 9.17) is 4.74 Å². The van der Waals surface area contributed by atoms with Crippen LogP contribution < -0.4 is 4.90 Å². The summed E-state index contributed by atoms with van der Waals surface area (Å²) in [5.74, 6) is -0.827. The third-order valence-electron chi connectivity index (χ3n) is 4.50. The van der Waals surface area contributed by atoms with E-state index in [2.05, 4.69) is 0 Å². The first-order valence-electron chi connectivity index (χ1n) is 8.28. The molecular weight excluding hydrogens is 318 g/mol. The molecule has 1 amide bonds. The van der Waals surface area contributed by atoms with Gasteiger partial charge in [-0.1, -0.05) is 43.7 Å². The number of carbonyl (C=O) groups excluding carboxylic acids is 1. The number of benzene rings is 2. The first-order valence-corrected chi connectivity index (χ1v) is 8.28. The number of cyclic esters (lactones) is 1. The van der Waals surface area contributed by atoms with Crippen molar-refractivity contribution < 1.29 is 19.4 Å². The highest BCUT2D eigenvalue weighted by Crippen LogP contribution is 2.32. The maximum Gasteiger partial charge on any atom is 0.414 e. The van der Waals surface area contributed by atoms with Gasteiger partial charge in [-0.05, 0) is 42.2 Å². The van der Waals surface area contributed by atoms with Gasteiger partial charge in [0.1, 0.15) is 6.61 Å². The minimum Gasteiger partial charge on any atom is -0.478 e. The normalized spacial score (nSPS) is 17.0. The van der Waals surface area contributed by atoms with Crippen LogP contribution in [-0.2, 0) is 4.74 Å². The summed E-state index contributed by atoms with van der Waals surface area (Å²) < 4.78 is 5.20. The van der Waals surface area contributed by atoms with Gasteiger partial charge >= 0.3 is 12.1 Å². The number of ether oxygens (including phenoxy) is 1. The lowest BCUT2D eigenvalue weighted by Crippen LogP contribution is -2.37. The number of carboxylic acid groups (broad SMARTS) is 1. The largest absolute Gasteiger partial charge is 0.478 e. The molecule has 1 aliphatic rings. The molecule has 1 N–H and O–H groups in total. The van der Waals surface area contributed by atoms with Crippen LogP contribution in [0.4, 0.5) is 10.5 Å². The minimum atomic E-state index is -1.02. The summed E-state index contributed by atoms with van der Waals surface area (Å²) in [6.45, 7) is 6.34. The molecule has 1 aliphatic heterocycles. The third-order valence-corrected chi connectivity index (χ3v) is 4.50. The Bertz CT molecular complexity index is 811. The lowest BCUT2D eigenvalue weighted by Gasteiger charge is -2.25. The van der Waals surface area contributed by atoms with Gasteiger partial charge < -0.3 is 9.84 Å². The average Bonchev–Trinajstić information content (AvgIpc) is 2.97. The van der Waals surface area contributed by atoms with E-state index in [1.165, 1.54) is 6.07 Å². The van der Waals surface area contributed by atoms with Crippen molar-refractivity contribution in [3.05, 3.63) is 53.6 Å². The summed E-state index contributed by atoms with van der Waals surface area (Å²) >= 11 is 0. The van der Waals surface area contributed by atoms with Crippen molar-refractivity contribution >= 4 is 17.7 Å². The molecule has 0 bridgehead atoms. The van der Waals surface area contributed by atoms with Gasteiger partial charge in [-0.25, -0.2) is 9.59 Å². The topological polar surface area (TPSA) is 66.8 Å². The molecule has 1 saturated heterocycles. The molecule has 1 fully saturated rings. The summed E-state index contributed by atoms with van der Waals surface area (Å²) in [6, 6.07) is 12.7. The molecule has 0 radical (unpaired) electrons. The van der Waals surface area contributed by atoms with Crippen LogP contribution in [0.2, 0.25) is 0 Å². The standard InChI is InChI=1S/C20H21NO4/c1-12(2)18-11-25-20(24)21(18)17-9-15(8-16(10-17)19(22)23)14-6-4-13(3)5-7-14/h4-10,12,18H,11H2,1-3H3,(H,22,23). The van der Waals surface area contributed by atoms with Crippen molar-refractivity contribution in [3.63, 3.8) is 0 Å². The summed E-state index contributed by atoms with van der Waals surface area (Å²) in [4.78, 5) is 25.4. The zero-order chi connectivity index (χ0) is 18.1.